The Labute approximate surface area is 180 Å². The van der Waals surface area contributed by atoms with Crippen molar-refractivity contribution >= 4 is 12.4 Å². The summed E-state index contributed by atoms with van der Waals surface area (Å²) in [6, 6.07) is 8.19. The lowest BCUT2D eigenvalue weighted by molar-refractivity contribution is -0.138. The lowest BCUT2D eigenvalue weighted by atomic mass is 9.99. The van der Waals surface area contributed by atoms with Gasteiger partial charge in [-0.3, -0.25) is 0 Å². The number of amides is 1. The Bertz CT molecular complexity index is 895. The topological polar surface area (TPSA) is 75.6 Å². The molecule has 2 N–H and O–H groups in total. The van der Waals surface area contributed by atoms with Crippen molar-refractivity contribution in [2.75, 3.05) is 7.05 Å². The van der Waals surface area contributed by atoms with Gasteiger partial charge < -0.3 is 20.0 Å². The van der Waals surface area contributed by atoms with E-state index in [0.717, 1.165) is 36.3 Å². The number of nitrogens with one attached hydrogen (secondary N) is 1. The minimum atomic E-state index is -4.37. The van der Waals surface area contributed by atoms with Gasteiger partial charge in [0.2, 0.25) is 0 Å². The number of hydrogen-bond acceptors (Lipinski definition) is 3. The highest BCUT2D eigenvalue weighted by atomic mass is 19.4. The molecule has 0 saturated heterocycles. The maximum atomic E-state index is 13.0. The molecule has 0 aliphatic heterocycles. The molecule has 5 nitrogen and oxygen atoms in total. The summed E-state index contributed by atoms with van der Waals surface area (Å²) in [6.07, 6.45) is -1.51. The van der Waals surface area contributed by atoms with Gasteiger partial charge in [0.1, 0.15) is 17.8 Å². The van der Waals surface area contributed by atoms with E-state index in [9.17, 15) is 22.8 Å². The molecule has 2 rings (SSSR count). The molecule has 0 radical (unpaired) electrons. The van der Waals surface area contributed by atoms with Crippen molar-refractivity contribution in [2.45, 2.75) is 52.6 Å². The van der Waals surface area contributed by atoms with Crippen LogP contribution in [0.3, 0.4) is 0 Å². The average molecular weight is 439 g/mol. The summed E-state index contributed by atoms with van der Waals surface area (Å²) in [5.74, 6) is 1.00. The molecule has 170 valence electrons. The van der Waals surface area contributed by atoms with Gasteiger partial charge in [-0.15, -0.1) is 0 Å². The van der Waals surface area contributed by atoms with Crippen LogP contribution in [0.15, 0.2) is 30.3 Å². The second-order valence-electron chi connectivity index (χ2n) is 6.97. The Kier molecular flexibility index (Phi) is 10.0. The Balaban J connectivity index is 0.000000861. The van der Waals surface area contributed by atoms with Gasteiger partial charge in [0.05, 0.1) is 5.56 Å². The van der Waals surface area contributed by atoms with Crippen molar-refractivity contribution in [3.05, 3.63) is 58.1 Å². The van der Waals surface area contributed by atoms with Crippen LogP contribution in [0.25, 0.3) is 0 Å². The van der Waals surface area contributed by atoms with Gasteiger partial charge in [-0.25, -0.2) is 4.79 Å². The van der Waals surface area contributed by atoms with Crippen LogP contribution in [0, 0.1) is 13.8 Å². The number of aryl methyl sites for hydroxylation is 4. The molecule has 0 aromatic heterocycles. The lowest BCUT2D eigenvalue weighted by Gasteiger charge is -2.16. The first-order chi connectivity index (χ1) is 14.5. The highest BCUT2D eigenvalue weighted by molar-refractivity contribution is 5.63. The van der Waals surface area contributed by atoms with Crippen LogP contribution in [-0.2, 0) is 23.8 Å². The van der Waals surface area contributed by atoms with Crippen molar-refractivity contribution in [2.24, 2.45) is 0 Å². The Hall–Kier alpha value is -3.03. The molecule has 8 heteroatoms. The van der Waals surface area contributed by atoms with Crippen molar-refractivity contribution in [3.8, 4) is 11.5 Å². The minimum Gasteiger partial charge on any atom is -0.465 e. The zero-order valence-corrected chi connectivity index (χ0v) is 18.1. The second-order valence-corrected chi connectivity index (χ2v) is 6.97. The zero-order valence-electron chi connectivity index (χ0n) is 18.1. The molecule has 2 aromatic carbocycles. The average Bonchev–Trinajstić information content (AvgIpc) is 2.69. The summed E-state index contributed by atoms with van der Waals surface area (Å²) < 4.78 is 44.9. The highest BCUT2D eigenvalue weighted by Crippen LogP contribution is 2.36. The molecule has 0 heterocycles. The summed E-state index contributed by atoms with van der Waals surface area (Å²) in [5.41, 5.74) is 2.14. The van der Waals surface area contributed by atoms with E-state index in [1.807, 2.05) is 17.4 Å². The third-order valence-electron chi connectivity index (χ3n) is 4.50. The maximum Gasteiger partial charge on any atom is 0.416 e. The number of alkyl halides is 3. The number of carboxylic acid groups (broad SMARTS) is 1. The SMILES string of the molecule is CCCc1cc(Oc2cc(C)c(C(F)(F)F)cc2C)ccc1CCC=O.CNC(=O)O. The molecular weight excluding hydrogens is 411 g/mol. The molecule has 0 atom stereocenters. The summed E-state index contributed by atoms with van der Waals surface area (Å²) in [4.78, 5) is 19.9. The van der Waals surface area contributed by atoms with Crippen LogP contribution in [0.5, 0.6) is 11.5 Å². The quantitative estimate of drug-likeness (QED) is 0.513. The first-order valence-corrected chi connectivity index (χ1v) is 9.85. The van der Waals surface area contributed by atoms with E-state index < -0.39 is 17.8 Å². The molecule has 0 fully saturated rings. The van der Waals surface area contributed by atoms with Crippen LogP contribution in [-0.4, -0.2) is 24.5 Å². The highest BCUT2D eigenvalue weighted by Gasteiger charge is 2.33. The van der Waals surface area contributed by atoms with E-state index >= 15 is 0 Å². The molecule has 31 heavy (non-hydrogen) atoms. The van der Waals surface area contributed by atoms with E-state index in [1.54, 1.807) is 13.0 Å². The summed E-state index contributed by atoms with van der Waals surface area (Å²) in [7, 11) is 1.35. The zero-order chi connectivity index (χ0) is 23.6. The van der Waals surface area contributed by atoms with Gasteiger partial charge in [0.15, 0.2) is 0 Å². The number of carbonyl (C=O) groups is 2. The molecule has 2 aromatic rings. The Morgan fingerprint density at radius 3 is 2.26 bits per heavy atom. The largest absolute Gasteiger partial charge is 0.465 e. The molecule has 0 unspecified atom stereocenters. The van der Waals surface area contributed by atoms with Gasteiger partial charge in [-0.1, -0.05) is 19.4 Å². The van der Waals surface area contributed by atoms with Crippen molar-refractivity contribution < 1.29 is 32.6 Å². The van der Waals surface area contributed by atoms with E-state index in [4.69, 9.17) is 9.84 Å². The van der Waals surface area contributed by atoms with Crippen LogP contribution < -0.4 is 10.1 Å². The van der Waals surface area contributed by atoms with Crippen LogP contribution >= 0.6 is 0 Å². The van der Waals surface area contributed by atoms with E-state index in [0.29, 0.717) is 29.9 Å². The van der Waals surface area contributed by atoms with E-state index in [-0.39, 0.29) is 5.56 Å². The van der Waals surface area contributed by atoms with E-state index in [2.05, 4.69) is 6.92 Å². The van der Waals surface area contributed by atoms with E-state index in [1.165, 1.54) is 20.0 Å². The number of halogens is 3. The predicted molar refractivity (Wildman–Crippen MR) is 113 cm³/mol. The second kappa shape index (κ2) is 12.0. The van der Waals surface area contributed by atoms with Crippen LogP contribution in [0.4, 0.5) is 18.0 Å². The van der Waals surface area contributed by atoms with Crippen molar-refractivity contribution in [1.82, 2.24) is 5.32 Å². The molecule has 1 amide bonds. The molecule has 0 bridgehead atoms. The normalized spacial score (nSPS) is 10.7. The van der Waals surface area contributed by atoms with Crippen molar-refractivity contribution in [1.29, 1.82) is 0 Å². The molecule has 0 spiro atoms. The Morgan fingerprint density at radius 1 is 1.10 bits per heavy atom. The number of hydrogen-bond donors (Lipinski definition) is 2. The third-order valence-corrected chi connectivity index (χ3v) is 4.50. The maximum absolute atomic E-state index is 13.0. The van der Waals surface area contributed by atoms with Gasteiger partial charge >= 0.3 is 12.3 Å². The molecule has 0 saturated carbocycles. The lowest BCUT2D eigenvalue weighted by Crippen LogP contribution is -2.13. The third kappa shape index (κ3) is 8.32. The van der Waals surface area contributed by atoms with Gasteiger partial charge in [0, 0.05) is 13.5 Å². The summed E-state index contributed by atoms with van der Waals surface area (Å²) in [6.45, 7) is 5.11. The van der Waals surface area contributed by atoms with Crippen LogP contribution in [0.1, 0.15) is 47.6 Å². The predicted octanol–water partition coefficient (Wildman–Crippen LogP) is 6.08. The fourth-order valence-electron chi connectivity index (χ4n) is 2.96. The standard InChI is InChI=1S/C21H23F3O2.C2H5NO2/c1-4-6-17-13-18(9-8-16(17)7-5-10-25)26-20-12-14(2)19(11-15(20)3)21(22,23)24;1-3-2(4)5/h8-13H,4-7H2,1-3H3;3H,1H3,(H,4,5). The summed E-state index contributed by atoms with van der Waals surface area (Å²) >= 11 is 0. The number of aldehydes is 1. The van der Waals surface area contributed by atoms with Gasteiger partial charge in [-0.2, -0.15) is 13.2 Å². The first kappa shape index (κ1) is 26.0. The minimum absolute atomic E-state index is 0.134. The van der Waals surface area contributed by atoms with Crippen LogP contribution in [0.2, 0.25) is 0 Å². The van der Waals surface area contributed by atoms with Crippen molar-refractivity contribution in [3.63, 3.8) is 0 Å². The molecule has 0 aliphatic carbocycles. The fourth-order valence-corrected chi connectivity index (χ4v) is 2.96. The smallest absolute Gasteiger partial charge is 0.416 e. The number of ether oxygens (including phenoxy) is 1. The summed E-state index contributed by atoms with van der Waals surface area (Å²) in [5, 5.41) is 9.56. The number of benzene rings is 2. The molecule has 0 aliphatic rings. The van der Waals surface area contributed by atoms with Gasteiger partial charge in [-0.05, 0) is 73.2 Å². The number of carbonyl (C=O) groups excluding carboxylic acids is 1. The number of rotatable bonds is 7. The monoisotopic (exact) mass is 439 g/mol. The molecular formula is C23H28F3NO4. The fraction of sp³-hybridized carbons (Fsp3) is 0.391. The van der Waals surface area contributed by atoms with Gasteiger partial charge in [0.25, 0.3) is 0 Å². The first-order valence-electron chi connectivity index (χ1n) is 9.85. The Morgan fingerprint density at radius 2 is 1.74 bits per heavy atom.